The van der Waals surface area contributed by atoms with Crippen LogP contribution in [0.3, 0.4) is 0 Å². The van der Waals surface area contributed by atoms with E-state index in [9.17, 15) is 0 Å². The molecule has 1 aromatic heterocycles. The molecule has 0 aliphatic rings. The standard InChI is InChI=1S/C26H21ClNPS/c27-20-16-17-25-24(18-20)28-26(30-25)19-29(21-10-4-1-5-11-21,22-12-6-2-7-13-22)23-14-8-3-9-15-23/h1-18,29H,19H2. The third-order valence-corrected chi connectivity index (χ3v) is 12.0. The molecule has 148 valence electrons. The van der Waals surface area contributed by atoms with Crippen LogP contribution in [-0.4, -0.2) is 4.98 Å². The Balaban J connectivity index is 1.76. The normalized spacial score (nSPS) is 12.2. The molecule has 4 heteroatoms. The van der Waals surface area contributed by atoms with Crippen molar-refractivity contribution in [1.82, 2.24) is 4.98 Å². The Bertz CT molecular complexity index is 1170. The number of hydrogen-bond donors (Lipinski definition) is 0. The van der Waals surface area contributed by atoms with Gasteiger partial charge in [-0.05, 0) is 0 Å². The van der Waals surface area contributed by atoms with E-state index in [0.29, 0.717) is 0 Å². The van der Waals surface area contributed by atoms with Crippen LogP contribution in [-0.2, 0) is 6.16 Å². The van der Waals surface area contributed by atoms with Gasteiger partial charge in [0, 0.05) is 0 Å². The maximum absolute atomic E-state index is 6.22. The van der Waals surface area contributed by atoms with Gasteiger partial charge in [-0.25, -0.2) is 0 Å². The molecule has 1 nitrogen and oxygen atoms in total. The summed E-state index contributed by atoms with van der Waals surface area (Å²) >= 11 is 8.00. The molecular weight excluding hydrogens is 425 g/mol. The molecule has 0 N–H and O–H groups in total. The van der Waals surface area contributed by atoms with E-state index in [1.54, 1.807) is 11.3 Å². The molecule has 5 aromatic rings. The van der Waals surface area contributed by atoms with Crippen molar-refractivity contribution in [3.05, 3.63) is 119 Å². The summed E-state index contributed by atoms with van der Waals surface area (Å²) in [5, 5.41) is 6.10. The first-order chi connectivity index (χ1) is 14.8. The molecule has 0 amide bonds. The van der Waals surface area contributed by atoms with Crippen molar-refractivity contribution in [2.75, 3.05) is 0 Å². The molecule has 0 aliphatic heterocycles. The summed E-state index contributed by atoms with van der Waals surface area (Å²) < 4.78 is 1.19. The van der Waals surface area contributed by atoms with Crippen molar-refractivity contribution in [3.63, 3.8) is 0 Å². The number of thiazole rings is 1. The van der Waals surface area contributed by atoms with E-state index < -0.39 is 7.26 Å². The zero-order valence-electron chi connectivity index (χ0n) is 16.3. The minimum absolute atomic E-state index is 0.733. The molecule has 0 saturated carbocycles. The van der Waals surface area contributed by atoms with Crippen molar-refractivity contribution < 1.29 is 0 Å². The van der Waals surface area contributed by atoms with Gasteiger partial charge in [0.2, 0.25) is 0 Å². The molecule has 0 spiro atoms. The van der Waals surface area contributed by atoms with E-state index in [1.165, 1.54) is 20.6 Å². The van der Waals surface area contributed by atoms with E-state index in [2.05, 4.69) is 97.1 Å². The number of halogens is 1. The van der Waals surface area contributed by atoms with Crippen LogP contribution >= 0.6 is 30.2 Å². The van der Waals surface area contributed by atoms with Crippen LogP contribution in [0.15, 0.2) is 109 Å². The number of hydrogen-bond acceptors (Lipinski definition) is 2. The fraction of sp³-hybridized carbons (Fsp3) is 0.0385. The summed E-state index contributed by atoms with van der Waals surface area (Å²) in [5.74, 6) is 0. The molecule has 0 radical (unpaired) electrons. The first-order valence-corrected chi connectivity index (χ1v) is 13.4. The Labute approximate surface area is 186 Å². The third-order valence-electron chi connectivity index (χ3n) is 5.61. The van der Waals surface area contributed by atoms with Crippen molar-refractivity contribution in [3.8, 4) is 0 Å². The first-order valence-electron chi connectivity index (χ1n) is 9.97. The van der Waals surface area contributed by atoms with Crippen molar-refractivity contribution >= 4 is 56.3 Å². The molecule has 0 aliphatic carbocycles. The predicted octanol–water partition coefficient (Wildman–Crippen LogP) is 6.18. The minimum atomic E-state index is -2.33. The molecule has 0 atom stereocenters. The summed E-state index contributed by atoms with van der Waals surface area (Å²) in [7, 11) is -2.33. The summed E-state index contributed by atoms with van der Waals surface area (Å²) in [6.07, 6.45) is 0.919. The maximum atomic E-state index is 6.22. The van der Waals surface area contributed by atoms with Crippen molar-refractivity contribution in [2.45, 2.75) is 6.16 Å². The van der Waals surface area contributed by atoms with E-state index in [0.717, 1.165) is 21.7 Å². The second kappa shape index (κ2) is 8.32. The molecule has 4 aromatic carbocycles. The number of benzene rings is 4. The van der Waals surface area contributed by atoms with Gasteiger partial charge >= 0.3 is 187 Å². The van der Waals surface area contributed by atoms with E-state index in [-0.39, 0.29) is 0 Å². The van der Waals surface area contributed by atoms with E-state index in [1.807, 2.05) is 12.1 Å². The van der Waals surface area contributed by atoms with Crippen LogP contribution in [0.5, 0.6) is 0 Å². The molecule has 30 heavy (non-hydrogen) atoms. The Morgan fingerprint density at radius 1 is 0.667 bits per heavy atom. The SMILES string of the molecule is Clc1ccc2sc(C[PH](c3ccccc3)(c3ccccc3)c3ccccc3)nc2c1. The van der Waals surface area contributed by atoms with Crippen LogP contribution < -0.4 is 15.9 Å². The first kappa shape index (κ1) is 19.5. The number of nitrogens with zero attached hydrogens (tertiary/aromatic N) is 1. The molecule has 1 heterocycles. The van der Waals surface area contributed by atoms with Crippen LogP contribution in [0.25, 0.3) is 10.2 Å². The average Bonchev–Trinajstić information content (AvgIpc) is 3.20. The van der Waals surface area contributed by atoms with Crippen molar-refractivity contribution in [2.24, 2.45) is 0 Å². The fourth-order valence-corrected chi connectivity index (χ4v) is 10.5. The molecular formula is C26H21ClNPS. The van der Waals surface area contributed by atoms with Gasteiger partial charge in [0.25, 0.3) is 0 Å². The van der Waals surface area contributed by atoms with Gasteiger partial charge in [-0.2, -0.15) is 0 Å². The predicted molar refractivity (Wildman–Crippen MR) is 135 cm³/mol. The number of fused-ring (bicyclic) bond motifs is 1. The van der Waals surface area contributed by atoms with Crippen LogP contribution in [0, 0.1) is 0 Å². The zero-order valence-corrected chi connectivity index (χ0v) is 18.9. The zero-order chi connectivity index (χ0) is 20.4. The fourth-order valence-electron chi connectivity index (χ4n) is 4.22. The van der Waals surface area contributed by atoms with Crippen molar-refractivity contribution in [1.29, 1.82) is 0 Å². The van der Waals surface area contributed by atoms with E-state index >= 15 is 0 Å². The van der Waals surface area contributed by atoms with Gasteiger partial charge in [0.05, 0.1) is 0 Å². The van der Waals surface area contributed by atoms with Gasteiger partial charge in [0.15, 0.2) is 0 Å². The topological polar surface area (TPSA) is 12.9 Å². The van der Waals surface area contributed by atoms with Gasteiger partial charge in [-0.3, -0.25) is 0 Å². The van der Waals surface area contributed by atoms with E-state index in [4.69, 9.17) is 16.6 Å². The summed E-state index contributed by atoms with van der Waals surface area (Å²) in [6, 6.07) is 38.9. The Morgan fingerprint density at radius 3 is 1.67 bits per heavy atom. The molecule has 0 saturated heterocycles. The van der Waals surface area contributed by atoms with Gasteiger partial charge < -0.3 is 0 Å². The molecule has 5 rings (SSSR count). The molecule has 0 fully saturated rings. The second-order valence-electron chi connectivity index (χ2n) is 7.40. The second-order valence-corrected chi connectivity index (χ2v) is 12.8. The van der Waals surface area contributed by atoms with Gasteiger partial charge in [-0.1, -0.05) is 0 Å². The molecule has 0 bridgehead atoms. The monoisotopic (exact) mass is 445 g/mol. The number of aromatic nitrogens is 1. The average molecular weight is 446 g/mol. The van der Waals surface area contributed by atoms with Gasteiger partial charge in [0.1, 0.15) is 0 Å². The third kappa shape index (κ3) is 3.56. The van der Waals surface area contributed by atoms with Crippen LogP contribution in [0.1, 0.15) is 5.01 Å². The Morgan fingerprint density at radius 2 is 1.17 bits per heavy atom. The van der Waals surface area contributed by atoms with Crippen LogP contribution in [0.2, 0.25) is 5.02 Å². The molecule has 0 unspecified atom stereocenters. The summed E-state index contributed by atoms with van der Waals surface area (Å²) in [4.78, 5) is 5.00. The Kier molecular flexibility index (Phi) is 5.39. The van der Waals surface area contributed by atoms with Gasteiger partial charge in [-0.15, -0.1) is 0 Å². The Hall–Kier alpha value is -2.51. The quantitative estimate of drug-likeness (QED) is 0.294. The number of rotatable bonds is 5. The van der Waals surface area contributed by atoms with Crippen LogP contribution in [0.4, 0.5) is 0 Å². The summed E-state index contributed by atoms with van der Waals surface area (Å²) in [5.41, 5.74) is 0.986. The summed E-state index contributed by atoms with van der Waals surface area (Å²) in [6.45, 7) is 0.